The highest BCUT2D eigenvalue weighted by molar-refractivity contribution is 6.30. The van der Waals surface area contributed by atoms with E-state index < -0.39 is 5.91 Å². The molecule has 0 fully saturated rings. The summed E-state index contributed by atoms with van der Waals surface area (Å²) < 4.78 is 16.8. The molecule has 0 spiro atoms. The molecule has 0 radical (unpaired) electrons. The lowest BCUT2D eigenvalue weighted by atomic mass is 10.1. The van der Waals surface area contributed by atoms with E-state index in [0.717, 1.165) is 5.56 Å². The van der Waals surface area contributed by atoms with E-state index in [0.29, 0.717) is 42.1 Å². The molecule has 0 saturated heterocycles. The maximum Gasteiger partial charge on any atom is 0.269 e. The number of nitrogens with one attached hydrogen (secondary N) is 2. The highest BCUT2D eigenvalue weighted by Crippen LogP contribution is 2.39. The number of carbonyl (C=O) groups excluding carboxylic acids is 2. The van der Waals surface area contributed by atoms with Crippen LogP contribution in [0.5, 0.6) is 17.2 Å². The molecule has 2 rings (SSSR count). The first-order valence-corrected chi connectivity index (χ1v) is 9.76. The van der Waals surface area contributed by atoms with Crippen LogP contribution in [0.2, 0.25) is 5.02 Å². The number of hydrazine groups is 1. The van der Waals surface area contributed by atoms with Gasteiger partial charge >= 0.3 is 0 Å². The number of hydrogen-bond donors (Lipinski definition) is 2. The van der Waals surface area contributed by atoms with Crippen LogP contribution in [-0.2, 0) is 11.2 Å². The molecule has 29 heavy (non-hydrogen) atoms. The molecule has 0 heterocycles. The van der Waals surface area contributed by atoms with Crippen LogP contribution in [-0.4, -0.2) is 31.6 Å². The van der Waals surface area contributed by atoms with Crippen molar-refractivity contribution in [3.63, 3.8) is 0 Å². The number of ether oxygens (including phenoxy) is 3. The molecule has 156 valence electrons. The first-order chi connectivity index (χ1) is 14.0. The van der Waals surface area contributed by atoms with Gasteiger partial charge in [-0.2, -0.15) is 0 Å². The van der Waals surface area contributed by atoms with Gasteiger partial charge < -0.3 is 14.2 Å². The Balaban J connectivity index is 2.10. The number of halogens is 1. The highest BCUT2D eigenvalue weighted by atomic mass is 35.5. The molecule has 2 aromatic carbocycles. The van der Waals surface area contributed by atoms with Crippen LogP contribution >= 0.6 is 11.6 Å². The summed E-state index contributed by atoms with van der Waals surface area (Å²) in [6.45, 7) is 6.73. The normalized spacial score (nSPS) is 10.2. The SMILES string of the molecule is CCOc1cc(C(=O)NNC(=O)Cc2ccc(Cl)cc2)cc(OCC)c1OCC. The number of amides is 2. The van der Waals surface area contributed by atoms with Gasteiger partial charge in [0.2, 0.25) is 11.7 Å². The fourth-order valence-electron chi connectivity index (χ4n) is 2.55. The van der Waals surface area contributed by atoms with Crippen LogP contribution in [0.4, 0.5) is 0 Å². The van der Waals surface area contributed by atoms with E-state index in [-0.39, 0.29) is 17.9 Å². The molecule has 0 aliphatic carbocycles. The maximum absolute atomic E-state index is 12.5. The first-order valence-electron chi connectivity index (χ1n) is 9.38. The molecule has 0 aliphatic heterocycles. The van der Waals surface area contributed by atoms with E-state index in [1.165, 1.54) is 0 Å². The molecule has 7 nitrogen and oxygen atoms in total. The van der Waals surface area contributed by atoms with Gasteiger partial charge in [0.25, 0.3) is 5.91 Å². The zero-order valence-electron chi connectivity index (χ0n) is 16.7. The van der Waals surface area contributed by atoms with Crippen molar-refractivity contribution in [3.05, 3.63) is 52.5 Å². The van der Waals surface area contributed by atoms with Crippen LogP contribution in [0.15, 0.2) is 36.4 Å². The number of benzene rings is 2. The zero-order valence-corrected chi connectivity index (χ0v) is 17.5. The Bertz CT molecular complexity index is 812. The maximum atomic E-state index is 12.5. The summed E-state index contributed by atoms with van der Waals surface area (Å²) in [4.78, 5) is 24.6. The third-order valence-corrected chi connectivity index (χ3v) is 4.02. The van der Waals surface area contributed by atoms with E-state index in [4.69, 9.17) is 25.8 Å². The molecule has 8 heteroatoms. The molecule has 0 aliphatic rings. The second kappa shape index (κ2) is 11.2. The third kappa shape index (κ3) is 6.57. The summed E-state index contributed by atoms with van der Waals surface area (Å²) in [6.07, 6.45) is 0.106. The van der Waals surface area contributed by atoms with Gasteiger partial charge in [0, 0.05) is 10.6 Å². The smallest absolute Gasteiger partial charge is 0.269 e. The summed E-state index contributed by atoms with van der Waals surface area (Å²) in [5.74, 6) is 0.386. The quantitative estimate of drug-likeness (QED) is 0.606. The Morgan fingerprint density at radius 2 is 1.41 bits per heavy atom. The molecular formula is C21H25ClN2O5. The van der Waals surface area contributed by atoms with Gasteiger partial charge in [-0.25, -0.2) is 0 Å². The van der Waals surface area contributed by atoms with Crippen molar-refractivity contribution >= 4 is 23.4 Å². The summed E-state index contributed by atoms with van der Waals surface area (Å²) in [5, 5.41) is 0.591. The average molecular weight is 421 g/mol. The van der Waals surface area contributed by atoms with Gasteiger partial charge in [0.1, 0.15) is 0 Å². The Morgan fingerprint density at radius 1 is 0.862 bits per heavy atom. The molecule has 0 atom stereocenters. The molecule has 2 N–H and O–H groups in total. The highest BCUT2D eigenvalue weighted by Gasteiger charge is 2.18. The number of carbonyl (C=O) groups is 2. The van der Waals surface area contributed by atoms with E-state index in [9.17, 15) is 9.59 Å². The Labute approximate surface area is 175 Å². The van der Waals surface area contributed by atoms with Crippen molar-refractivity contribution in [2.45, 2.75) is 27.2 Å². The minimum absolute atomic E-state index is 0.106. The lowest BCUT2D eigenvalue weighted by Gasteiger charge is -2.17. The van der Waals surface area contributed by atoms with Crippen molar-refractivity contribution in [1.29, 1.82) is 0 Å². The van der Waals surface area contributed by atoms with Gasteiger partial charge in [-0.1, -0.05) is 23.7 Å². The standard InChI is InChI=1S/C21H25ClN2O5/c1-4-27-17-12-15(13-18(28-5-2)20(17)29-6-3)21(26)24-23-19(25)11-14-7-9-16(22)10-8-14/h7-10,12-13H,4-6,11H2,1-3H3,(H,23,25)(H,24,26). The van der Waals surface area contributed by atoms with Crippen LogP contribution in [0.25, 0.3) is 0 Å². The van der Waals surface area contributed by atoms with Crippen molar-refractivity contribution in [3.8, 4) is 17.2 Å². The summed E-state index contributed by atoms with van der Waals surface area (Å²) in [7, 11) is 0. The Hall–Kier alpha value is -2.93. The first kappa shape index (κ1) is 22.4. The second-order valence-electron chi connectivity index (χ2n) is 5.91. The number of hydrogen-bond acceptors (Lipinski definition) is 5. The molecule has 0 saturated carbocycles. The minimum Gasteiger partial charge on any atom is -0.490 e. The monoisotopic (exact) mass is 420 g/mol. The topological polar surface area (TPSA) is 85.9 Å². The van der Waals surface area contributed by atoms with Crippen molar-refractivity contribution < 1.29 is 23.8 Å². The fourth-order valence-corrected chi connectivity index (χ4v) is 2.68. The van der Waals surface area contributed by atoms with Gasteiger partial charge in [0.15, 0.2) is 11.5 Å². The summed E-state index contributed by atoms with van der Waals surface area (Å²) in [6, 6.07) is 10.0. The van der Waals surface area contributed by atoms with Crippen molar-refractivity contribution in [2.24, 2.45) is 0 Å². The van der Waals surface area contributed by atoms with Gasteiger partial charge in [-0.05, 0) is 50.6 Å². The van der Waals surface area contributed by atoms with Crippen molar-refractivity contribution in [1.82, 2.24) is 10.9 Å². The fraction of sp³-hybridized carbons (Fsp3) is 0.333. The molecule has 0 unspecified atom stereocenters. The second-order valence-corrected chi connectivity index (χ2v) is 6.34. The molecular weight excluding hydrogens is 396 g/mol. The van der Waals surface area contributed by atoms with Gasteiger partial charge in [0.05, 0.1) is 26.2 Å². The largest absolute Gasteiger partial charge is 0.490 e. The predicted octanol–water partition coefficient (Wildman–Crippen LogP) is 3.54. The van der Waals surface area contributed by atoms with E-state index in [1.54, 1.807) is 36.4 Å². The van der Waals surface area contributed by atoms with Crippen molar-refractivity contribution in [2.75, 3.05) is 19.8 Å². The predicted molar refractivity (Wildman–Crippen MR) is 111 cm³/mol. The van der Waals surface area contributed by atoms with Gasteiger partial charge in [-0.3, -0.25) is 20.4 Å². The van der Waals surface area contributed by atoms with Gasteiger partial charge in [-0.15, -0.1) is 0 Å². The Kier molecular flexibility index (Phi) is 8.61. The lowest BCUT2D eigenvalue weighted by molar-refractivity contribution is -0.121. The summed E-state index contributed by atoms with van der Waals surface area (Å²) >= 11 is 5.83. The summed E-state index contributed by atoms with van der Waals surface area (Å²) in [5.41, 5.74) is 5.85. The van der Waals surface area contributed by atoms with E-state index >= 15 is 0 Å². The van der Waals surface area contributed by atoms with Crippen LogP contribution in [0, 0.1) is 0 Å². The van der Waals surface area contributed by atoms with Crippen LogP contribution < -0.4 is 25.1 Å². The molecule has 2 amide bonds. The number of rotatable bonds is 9. The van der Waals surface area contributed by atoms with E-state index in [2.05, 4.69) is 10.9 Å². The molecule has 2 aromatic rings. The third-order valence-electron chi connectivity index (χ3n) is 3.76. The van der Waals surface area contributed by atoms with Crippen LogP contribution in [0.1, 0.15) is 36.7 Å². The lowest BCUT2D eigenvalue weighted by Crippen LogP contribution is -2.42. The molecule has 0 aromatic heterocycles. The van der Waals surface area contributed by atoms with E-state index in [1.807, 2.05) is 20.8 Å². The zero-order chi connectivity index (χ0) is 21.2. The van der Waals surface area contributed by atoms with Crippen LogP contribution in [0.3, 0.4) is 0 Å². The Morgan fingerprint density at radius 3 is 1.93 bits per heavy atom. The molecule has 0 bridgehead atoms. The minimum atomic E-state index is -0.501. The average Bonchev–Trinajstić information content (AvgIpc) is 2.70.